The summed E-state index contributed by atoms with van der Waals surface area (Å²) >= 11 is 0. The average Bonchev–Trinajstić information content (AvgIpc) is 2.67. The van der Waals surface area contributed by atoms with Crippen molar-refractivity contribution in [3.8, 4) is 0 Å². The number of amides is 1. The number of aromatic nitrogens is 1. The third kappa shape index (κ3) is 3.94. The molecule has 1 amide bonds. The Labute approximate surface area is 144 Å². The molecule has 0 spiro atoms. The van der Waals surface area contributed by atoms with Crippen LogP contribution in [0.25, 0.3) is 0 Å². The van der Waals surface area contributed by atoms with Gasteiger partial charge in [0, 0.05) is 32.4 Å². The van der Waals surface area contributed by atoms with E-state index >= 15 is 0 Å². The molecule has 1 saturated heterocycles. The van der Waals surface area contributed by atoms with Gasteiger partial charge in [0.15, 0.2) is 0 Å². The van der Waals surface area contributed by atoms with E-state index in [1.165, 1.54) is 19.3 Å². The summed E-state index contributed by atoms with van der Waals surface area (Å²) in [5.74, 6) is 0.0488. The molecule has 24 heavy (non-hydrogen) atoms. The molecule has 3 rings (SSSR count). The fourth-order valence-corrected chi connectivity index (χ4v) is 3.18. The highest BCUT2D eigenvalue weighted by molar-refractivity contribution is 5.94. The van der Waals surface area contributed by atoms with Crippen molar-refractivity contribution in [2.24, 2.45) is 0 Å². The quantitative estimate of drug-likeness (QED) is 0.841. The monoisotopic (exact) mass is 323 g/mol. The summed E-state index contributed by atoms with van der Waals surface area (Å²) in [5.41, 5.74) is 2.89. The SMILES string of the molecule is CCN(Cc1ccccc1)C(=O)c1cncc(N2CCCCC2)c1. The Bertz CT molecular complexity index is 666. The summed E-state index contributed by atoms with van der Waals surface area (Å²) in [5, 5.41) is 0. The van der Waals surface area contributed by atoms with Gasteiger partial charge in [-0.05, 0) is 37.8 Å². The van der Waals surface area contributed by atoms with Crippen LogP contribution in [0.3, 0.4) is 0 Å². The second-order valence-corrected chi connectivity index (χ2v) is 6.28. The van der Waals surface area contributed by atoms with Gasteiger partial charge in [0.05, 0.1) is 17.4 Å². The van der Waals surface area contributed by atoms with Crippen molar-refractivity contribution >= 4 is 11.6 Å². The zero-order valence-electron chi connectivity index (χ0n) is 14.3. The molecule has 0 atom stereocenters. The molecule has 0 radical (unpaired) electrons. The van der Waals surface area contributed by atoms with Gasteiger partial charge in [0.2, 0.25) is 0 Å². The fraction of sp³-hybridized carbons (Fsp3) is 0.400. The highest BCUT2D eigenvalue weighted by atomic mass is 16.2. The molecule has 1 aliphatic heterocycles. The number of nitrogens with zero attached hydrogens (tertiary/aromatic N) is 3. The maximum atomic E-state index is 12.9. The Morgan fingerprint density at radius 2 is 1.88 bits per heavy atom. The first-order valence-corrected chi connectivity index (χ1v) is 8.81. The maximum absolute atomic E-state index is 12.9. The number of rotatable bonds is 5. The van der Waals surface area contributed by atoms with Gasteiger partial charge in [0.1, 0.15) is 0 Å². The molecule has 4 nitrogen and oxygen atoms in total. The number of carbonyl (C=O) groups is 1. The Morgan fingerprint density at radius 3 is 2.58 bits per heavy atom. The fourth-order valence-electron chi connectivity index (χ4n) is 3.18. The van der Waals surface area contributed by atoms with Gasteiger partial charge in [-0.15, -0.1) is 0 Å². The molecule has 0 N–H and O–H groups in total. The summed E-state index contributed by atoms with van der Waals surface area (Å²) in [6.45, 7) is 5.44. The molecule has 1 aromatic heterocycles. The highest BCUT2D eigenvalue weighted by Crippen LogP contribution is 2.21. The maximum Gasteiger partial charge on any atom is 0.255 e. The Morgan fingerprint density at radius 1 is 1.12 bits per heavy atom. The zero-order chi connectivity index (χ0) is 16.8. The van der Waals surface area contributed by atoms with E-state index in [2.05, 4.69) is 22.0 Å². The van der Waals surface area contributed by atoms with Crippen LogP contribution in [0.5, 0.6) is 0 Å². The molecule has 4 heteroatoms. The molecule has 0 bridgehead atoms. The van der Waals surface area contributed by atoms with Gasteiger partial charge in [0.25, 0.3) is 5.91 Å². The van der Waals surface area contributed by atoms with Gasteiger partial charge >= 0.3 is 0 Å². The lowest BCUT2D eigenvalue weighted by Crippen LogP contribution is -2.32. The Balaban J connectivity index is 1.75. The van der Waals surface area contributed by atoms with Crippen LogP contribution in [0.2, 0.25) is 0 Å². The number of piperidine rings is 1. The van der Waals surface area contributed by atoms with Crippen molar-refractivity contribution in [2.75, 3.05) is 24.5 Å². The van der Waals surface area contributed by atoms with Gasteiger partial charge in [-0.1, -0.05) is 30.3 Å². The van der Waals surface area contributed by atoms with Crippen molar-refractivity contribution in [1.82, 2.24) is 9.88 Å². The van der Waals surface area contributed by atoms with Crippen LogP contribution in [-0.2, 0) is 6.54 Å². The van der Waals surface area contributed by atoms with Crippen molar-refractivity contribution in [1.29, 1.82) is 0 Å². The number of hydrogen-bond donors (Lipinski definition) is 0. The van der Waals surface area contributed by atoms with E-state index in [4.69, 9.17) is 0 Å². The van der Waals surface area contributed by atoms with Crippen LogP contribution in [-0.4, -0.2) is 35.4 Å². The van der Waals surface area contributed by atoms with E-state index < -0.39 is 0 Å². The van der Waals surface area contributed by atoms with Crippen LogP contribution in [0.15, 0.2) is 48.8 Å². The van der Waals surface area contributed by atoms with Crippen molar-refractivity contribution in [3.05, 3.63) is 59.9 Å². The topological polar surface area (TPSA) is 36.4 Å². The normalized spacial score (nSPS) is 14.5. The van der Waals surface area contributed by atoms with Crippen LogP contribution >= 0.6 is 0 Å². The summed E-state index contributed by atoms with van der Waals surface area (Å²) in [6.07, 6.45) is 7.28. The Hall–Kier alpha value is -2.36. The minimum absolute atomic E-state index is 0.0488. The lowest BCUT2D eigenvalue weighted by Gasteiger charge is -2.29. The molecule has 0 saturated carbocycles. The van der Waals surface area contributed by atoms with E-state index in [0.29, 0.717) is 18.7 Å². The molecule has 126 valence electrons. The van der Waals surface area contributed by atoms with Crippen molar-refractivity contribution < 1.29 is 4.79 Å². The van der Waals surface area contributed by atoms with Crippen LogP contribution in [0, 0.1) is 0 Å². The van der Waals surface area contributed by atoms with Crippen molar-refractivity contribution in [2.45, 2.75) is 32.7 Å². The smallest absolute Gasteiger partial charge is 0.255 e. The summed E-state index contributed by atoms with van der Waals surface area (Å²) in [4.78, 5) is 21.4. The first-order chi connectivity index (χ1) is 11.8. The van der Waals surface area contributed by atoms with Gasteiger partial charge < -0.3 is 9.80 Å². The molecule has 0 unspecified atom stereocenters. The number of hydrogen-bond acceptors (Lipinski definition) is 3. The van der Waals surface area contributed by atoms with E-state index in [0.717, 1.165) is 24.3 Å². The summed E-state index contributed by atoms with van der Waals surface area (Å²) in [7, 11) is 0. The average molecular weight is 323 g/mol. The molecule has 1 aliphatic rings. The van der Waals surface area contributed by atoms with E-state index in [1.807, 2.05) is 42.3 Å². The van der Waals surface area contributed by atoms with Crippen molar-refractivity contribution in [3.63, 3.8) is 0 Å². The van der Waals surface area contributed by atoms with Crippen LogP contribution in [0.4, 0.5) is 5.69 Å². The third-order valence-corrected chi connectivity index (χ3v) is 4.58. The first kappa shape index (κ1) is 16.5. The molecule has 2 aromatic rings. The molecule has 1 fully saturated rings. The van der Waals surface area contributed by atoms with E-state index in [-0.39, 0.29) is 5.91 Å². The zero-order valence-corrected chi connectivity index (χ0v) is 14.3. The number of anilines is 1. The molecule has 2 heterocycles. The van der Waals surface area contributed by atoms with Gasteiger partial charge in [-0.3, -0.25) is 9.78 Å². The summed E-state index contributed by atoms with van der Waals surface area (Å²) in [6, 6.07) is 12.1. The predicted molar refractivity (Wildman–Crippen MR) is 97.2 cm³/mol. The highest BCUT2D eigenvalue weighted by Gasteiger charge is 2.17. The number of carbonyl (C=O) groups excluding carboxylic acids is 1. The molecular formula is C20H25N3O. The Kier molecular flexibility index (Phi) is 5.47. The van der Waals surface area contributed by atoms with Crippen LogP contribution in [0.1, 0.15) is 42.1 Å². The second kappa shape index (κ2) is 7.95. The van der Waals surface area contributed by atoms with E-state index in [1.54, 1.807) is 6.20 Å². The number of pyridine rings is 1. The predicted octanol–water partition coefficient (Wildman–Crippen LogP) is 3.73. The largest absolute Gasteiger partial charge is 0.370 e. The van der Waals surface area contributed by atoms with Gasteiger partial charge in [-0.25, -0.2) is 0 Å². The minimum Gasteiger partial charge on any atom is -0.370 e. The standard InChI is InChI=1S/C20H25N3O/c1-2-22(16-17-9-5-3-6-10-17)20(24)18-13-19(15-21-14-18)23-11-7-4-8-12-23/h3,5-6,9-10,13-15H,2,4,7-8,11-12,16H2,1H3. The first-order valence-electron chi connectivity index (χ1n) is 8.81. The van der Waals surface area contributed by atoms with E-state index in [9.17, 15) is 4.79 Å². The molecular weight excluding hydrogens is 298 g/mol. The van der Waals surface area contributed by atoms with Gasteiger partial charge in [-0.2, -0.15) is 0 Å². The second-order valence-electron chi connectivity index (χ2n) is 6.28. The minimum atomic E-state index is 0.0488. The molecule has 1 aromatic carbocycles. The third-order valence-electron chi connectivity index (χ3n) is 4.58. The summed E-state index contributed by atoms with van der Waals surface area (Å²) < 4.78 is 0. The lowest BCUT2D eigenvalue weighted by molar-refractivity contribution is 0.0752. The lowest BCUT2D eigenvalue weighted by atomic mass is 10.1. The van der Waals surface area contributed by atoms with Crippen LogP contribution < -0.4 is 4.90 Å². The number of benzene rings is 1. The molecule has 0 aliphatic carbocycles.